The second-order valence-electron chi connectivity index (χ2n) is 8.21. The van der Waals surface area contributed by atoms with Crippen LogP contribution < -0.4 is 5.32 Å². The number of anilines is 1. The number of halogens is 1. The molecule has 2 aromatic rings. The zero-order valence-corrected chi connectivity index (χ0v) is 18.5. The van der Waals surface area contributed by atoms with E-state index in [1.54, 1.807) is 6.92 Å². The van der Waals surface area contributed by atoms with Crippen molar-refractivity contribution in [3.05, 3.63) is 46.7 Å². The molecule has 1 aromatic carbocycles. The lowest BCUT2D eigenvalue weighted by atomic mass is 9.97. The van der Waals surface area contributed by atoms with Crippen molar-refractivity contribution in [2.45, 2.75) is 43.5 Å². The van der Waals surface area contributed by atoms with E-state index in [9.17, 15) is 12.8 Å². The van der Waals surface area contributed by atoms with Gasteiger partial charge in [0, 0.05) is 51.1 Å². The summed E-state index contributed by atoms with van der Waals surface area (Å²) in [4.78, 5) is 11.8. The number of aryl methyl sites for hydroxylation is 1. The first-order valence-corrected chi connectivity index (χ1v) is 11.8. The highest BCUT2D eigenvalue weighted by molar-refractivity contribution is 7.89. The molecule has 7 nitrogen and oxygen atoms in total. The van der Waals surface area contributed by atoms with Crippen LogP contribution in [0, 0.1) is 12.7 Å². The number of fused-ring (bicyclic) bond motifs is 1. The van der Waals surface area contributed by atoms with Crippen LogP contribution in [-0.2, 0) is 23.0 Å². The second kappa shape index (κ2) is 8.20. The SMILES string of the molecule is CNc1nc([C@H]2CCCN(S(=O)(=O)c3ccc(C)c(F)c3)C2)nc2c1CN(C)CC2. The lowest BCUT2D eigenvalue weighted by molar-refractivity contribution is 0.300. The van der Waals surface area contributed by atoms with E-state index in [4.69, 9.17) is 9.97 Å². The Hall–Kier alpha value is -2.10. The number of nitrogens with one attached hydrogen (secondary N) is 1. The van der Waals surface area contributed by atoms with Crippen molar-refractivity contribution in [2.75, 3.05) is 39.0 Å². The molecule has 0 aliphatic carbocycles. The van der Waals surface area contributed by atoms with Gasteiger partial charge >= 0.3 is 0 Å². The fraction of sp³-hybridized carbons (Fsp3) is 0.524. The van der Waals surface area contributed by atoms with Gasteiger partial charge in [-0.15, -0.1) is 0 Å². The summed E-state index contributed by atoms with van der Waals surface area (Å²) < 4.78 is 41.7. The van der Waals surface area contributed by atoms with Gasteiger partial charge in [0.25, 0.3) is 0 Å². The molecule has 1 atom stereocenters. The minimum Gasteiger partial charge on any atom is -0.373 e. The van der Waals surface area contributed by atoms with E-state index in [1.165, 1.54) is 16.4 Å². The molecule has 162 valence electrons. The van der Waals surface area contributed by atoms with Gasteiger partial charge in [-0.25, -0.2) is 22.8 Å². The number of rotatable bonds is 4. The van der Waals surface area contributed by atoms with Crippen molar-refractivity contribution in [2.24, 2.45) is 0 Å². The molecule has 0 bridgehead atoms. The summed E-state index contributed by atoms with van der Waals surface area (Å²) in [5, 5.41) is 3.18. The predicted octanol–water partition coefficient (Wildman–Crippen LogP) is 2.52. The van der Waals surface area contributed by atoms with Crippen LogP contribution in [0.4, 0.5) is 10.2 Å². The fourth-order valence-corrected chi connectivity index (χ4v) is 5.75. The highest BCUT2D eigenvalue weighted by Crippen LogP contribution is 2.32. The lowest BCUT2D eigenvalue weighted by Gasteiger charge is -2.32. The maximum atomic E-state index is 14.0. The van der Waals surface area contributed by atoms with Crippen molar-refractivity contribution in [3.63, 3.8) is 0 Å². The molecule has 0 spiro atoms. The topological polar surface area (TPSA) is 78.4 Å². The van der Waals surface area contributed by atoms with Crippen molar-refractivity contribution in [1.82, 2.24) is 19.2 Å². The van der Waals surface area contributed by atoms with Crippen LogP contribution in [0.1, 0.15) is 41.4 Å². The van der Waals surface area contributed by atoms with Crippen molar-refractivity contribution in [1.29, 1.82) is 0 Å². The minimum atomic E-state index is -3.77. The van der Waals surface area contributed by atoms with Gasteiger partial charge in [-0.2, -0.15) is 4.31 Å². The largest absolute Gasteiger partial charge is 0.373 e. The molecule has 9 heteroatoms. The van der Waals surface area contributed by atoms with Gasteiger partial charge in [-0.3, -0.25) is 0 Å². The number of piperidine rings is 1. The van der Waals surface area contributed by atoms with E-state index in [2.05, 4.69) is 17.3 Å². The molecular formula is C21H28FN5O2S. The number of likely N-dealkylation sites (N-methyl/N-ethyl adjacent to an activating group) is 1. The first-order valence-electron chi connectivity index (χ1n) is 10.3. The minimum absolute atomic E-state index is 0.00318. The standard InChI is InChI=1S/C21H28FN5O2S/c1-14-6-7-16(11-18(14)22)30(28,29)27-9-4-5-15(12-27)20-24-19-8-10-26(3)13-17(19)21(23-2)25-20/h6-7,11,15H,4-5,8-10,12-13H2,1-3H3,(H,23,24,25)/t15-/m0/s1. The number of benzene rings is 1. The Labute approximate surface area is 177 Å². The summed E-state index contributed by atoms with van der Waals surface area (Å²) in [5.74, 6) is 0.923. The third-order valence-electron chi connectivity index (χ3n) is 6.04. The molecule has 0 unspecified atom stereocenters. The molecule has 2 aliphatic heterocycles. The van der Waals surface area contributed by atoms with Gasteiger partial charge in [-0.1, -0.05) is 6.07 Å². The Morgan fingerprint density at radius 2 is 2.03 bits per heavy atom. The number of nitrogens with zero attached hydrogens (tertiary/aromatic N) is 4. The Balaban J connectivity index is 1.62. The Bertz CT molecular complexity index is 1040. The highest BCUT2D eigenvalue weighted by atomic mass is 32.2. The van der Waals surface area contributed by atoms with Gasteiger partial charge in [0.15, 0.2) is 0 Å². The van der Waals surface area contributed by atoms with Gasteiger partial charge in [0.1, 0.15) is 17.5 Å². The average Bonchev–Trinajstić information content (AvgIpc) is 2.75. The summed E-state index contributed by atoms with van der Waals surface area (Å²) in [6, 6.07) is 4.09. The van der Waals surface area contributed by atoms with Gasteiger partial charge in [0.05, 0.1) is 10.6 Å². The van der Waals surface area contributed by atoms with Crippen LogP contribution in [-0.4, -0.2) is 61.3 Å². The summed E-state index contributed by atoms with van der Waals surface area (Å²) >= 11 is 0. The molecule has 3 heterocycles. The molecule has 1 aromatic heterocycles. The van der Waals surface area contributed by atoms with Crippen LogP contribution in [0.25, 0.3) is 0 Å². The molecule has 0 radical (unpaired) electrons. The predicted molar refractivity (Wildman–Crippen MR) is 113 cm³/mol. The van der Waals surface area contributed by atoms with E-state index < -0.39 is 15.8 Å². The molecule has 4 rings (SSSR count). The molecule has 2 aliphatic rings. The number of sulfonamides is 1. The number of aromatic nitrogens is 2. The number of hydrogen-bond donors (Lipinski definition) is 1. The number of hydrogen-bond acceptors (Lipinski definition) is 6. The monoisotopic (exact) mass is 433 g/mol. The Morgan fingerprint density at radius 3 is 2.77 bits per heavy atom. The van der Waals surface area contributed by atoms with Gasteiger partial charge in [-0.05, 0) is 44.5 Å². The first-order chi connectivity index (χ1) is 14.3. The second-order valence-corrected chi connectivity index (χ2v) is 10.1. The van der Waals surface area contributed by atoms with Crippen molar-refractivity contribution < 1.29 is 12.8 Å². The summed E-state index contributed by atoms with van der Waals surface area (Å²) in [7, 11) is 0.162. The molecule has 1 fully saturated rings. The third kappa shape index (κ3) is 3.93. The quantitative estimate of drug-likeness (QED) is 0.798. The zero-order chi connectivity index (χ0) is 21.5. The highest BCUT2D eigenvalue weighted by Gasteiger charge is 2.33. The maximum absolute atomic E-state index is 14.0. The van der Waals surface area contributed by atoms with Crippen LogP contribution in [0.2, 0.25) is 0 Å². The molecule has 1 saturated heterocycles. The first kappa shape index (κ1) is 21.1. The van der Waals surface area contributed by atoms with Crippen LogP contribution in [0.15, 0.2) is 23.1 Å². The van der Waals surface area contributed by atoms with Crippen LogP contribution >= 0.6 is 0 Å². The third-order valence-corrected chi connectivity index (χ3v) is 7.90. The van der Waals surface area contributed by atoms with E-state index in [0.717, 1.165) is 55.5 Å². The van der Waals surface area contributed by atoms with Crippen molar-refractivity contribution in [3.8, 4) is 0 Å². The Morgan fingerprint density at radius 1 is 1.23 bits per heavy atom. The van der Waals surface area contributed by atoms with Crippen molar-refractivity contribution >= 4 is 15.8 Å². The molecule has 30 heavy (non-hydrogen) atoms. The molecular weight excluding hydrogens is 405 g/mol. The van der Waals surface area contributed by atoms with Crippen LogP contribution in [0.3, 0.4) is 0 Å². The summed E-state index contributed by atoms with van der Waals surface area (Å²) in [6.07, 6.45) is 2.40. The van der Waals surface area contributed by atoms with E-state index in [0.29, 0.717) is 24.5 Å². The molecule has 0 saturated carbocycles. The van der Waals surface area contributed by atoms with Gasteiger partial charge in [0.2, 0.25) is 10.0 Å². The van der Waals surface area contributed by atoms with E-state index >= 15 is 0 Å². The summed E-state index contributed by atoms with van der Waals surface area (Å²) in [5.41, 5.74) is 2.59. The maximum Gasteiger partial charge on any atom is 0.243 e. The lowest BCUT2D eigenvalue weighted by Crippen LogP contribution is -2.40. The van der Waals surface area contributed by atoms with Gasteiger partial charge < -0.3 is 10.2 Å². The van der Waals surface area contributed by atoms with E-state index in [-0.39, 0.29) is 10.8 Å². The molecule has 1 N–H and O–H groups in total. The Kier molecular flexibility index (Phi) is 5.78. The molecule has 0 amide bonds. The fourth-order valence-electron chi connectivity index (χ4n) is 4.21. The summed E-state index contributed by atoms with van der Waals surface area (Å²) in [6.45, 7) is 4.09. The van der Waals surface area contributed by atoms with Crippen LogP contribution in [0.5, 0.6) is 0 Å². The smallest absolute Gasteiger partial charge is 0.243 e. The average molecular weight is 434 g/mol. The normalized spacial score (nSPS) is 20.7. The van der Waals surface area contributed by atoms with E-state index in [1.807, 2.05) is 7.05 Å². The zero-order valence-electron chi connectivity index (χ0n) is 17.7.